The molecule has 1 aliphatic carbocycles. The molecule has 0 bridgehead atoms. The molecule has 3 atom stereocenters. The molecule has 3 unspecified atom stereocenters. The average molecular weight is 239 g/mol. The smallest absolute Gasteiger partial charge is 0.00696 e. The standard InChI is InChI=1S/C16H33N/c1-6-8-13(2)17-15-10-7-9-14(11-12-15)16(3,4)5/h13-15,17H,6-12H2,1-5H3. The van der Waals surface area contributed by atoms with E-state index in [-0.39, 0.29) is 0 Å². The van der Waals surface area contributed by atoms with Crippen LogP contribution in [0.1, 0.15) is 79.6 Å². The Hall–Kier alpha value is -0.0400. The van der Waals surface area contributed by atoms with Gasteiger partial charge in [0.15, 0.2) is 0 Å². The summed E-state index contributed by atoms with van der Waals surface area (Å²) in [6.45, 7) is 11.8. The first-order valence-corrected chi connectivity index (χ1v) is 7.69. The molecule has 17 heavy (non-hydrogen) atoms. The van der Waals surface area contributed by atoms with E-state index in [1.165, 1.54) is 44.9 Å². The molecule has 0 heterocycles. The fourth-order valence-corrected chi connectivity index (χ4v) is 3.25. The van der Waals surface area contributed by atoms with E-state index in [0.717, 1.165) is 12.0 Å². The summed E-state index contributed by atoms with van der Waals surface area (Å²) in [5.41, 5.74) is 0.504. The second-order valence-corrected chi connectivity index (χ2v) is 7.12. The zero-order valence-electron chi connectivity index (χ0n) is 12.7. The van der Waals surface area contributed by atoms with Gasteiger partial charge in [0, 0.05) is 12.1 Å². The van der Waals surface area contributed by atoms with Crippen LogP contribution < -0.4 is 5.32 Å². The Morgan fingerprint density at radius 1 is 1.12 bits per heavy atom. The number of hydrogen-bond donors (Lipinski definition) is 1. The van der Waals surface area contributed by atoms with Gasteiger partial charge in [-0.3, -0.25) is 0 Å². The molecule has 0 spiro atoms. The van der Waals surface area contributed by atoms with Crippen LogP contribution in [0, 0.1) is 11.3 Å². The van der Waals surface area contributed by atoms with Crippen LogP contribution in [0.15, 0.2) is 0 Å². The number of nitrogens with one attached hydrogen (secondary N) is 1. The summed E-state index contributed by atoms with van der Waals surface area (Å²) in [5, 5.41) is 3.83. The minimum atomic E-state index is 0.504. The van der Waals surface area contributed by atoms with Gasteiger partial charge in [0.1, 0.15) is 0 Å². The number of rotatable bonds is 4. The van der Waals surface area contributed by atoms with Crippen LogP contribution in [0.25, 0.3) is 0 Å². The van der Waals surface area contributed by atoms with Crippen LogP contribution in [-0.4, -0.2) is 12.1 Å². The molecule has 1 N–H and O–H groups in total. The maximum absolute atomic E-state index is 3.83. The quantitative estimate of drug-likeness (QED) is 0.697. The molecule has 0 radical (unpaired) electrons. The third-order valence-corrected chi connectivity index (χ3v) is 4.44. The van der Waals surface area contributed by atoms with E-state index in [2.05, 4.69) is 39.9 Å². The fraction of sp³-hybridized carbons (Fsp3) is 1.00. The Morgan fingerprint density at radius 3 is 2.41 bits per heavy atom. The molecule has 1 fully saturated rings. The van der Waals surface area contributed by atoms with Gasteiger partial charge in [-0.2, -0.15) is 0 Å². The molecule has 1 saturated carbocycles. The topological polar surface area (TPSA) is 12.0 Å². The SMILES string of the molecule is CCCC(C)NC1CCCC(C(C)(C)C)CC1. The van der Waals surface area contributed by atoms with Crippen molar-refractivity contribution >= 4 is 0 Å². The van der Waals surface area contributed by atoms with Crippen molar-refractivity contribution in [2.45, 2.75) is 91.6 Å². The van der Waals surface area contributed by atoms with Gasteiger partial charge in [-0.25, -0.2) is 0 Å². The summed E-state index contributed by atoms with van der Waals surface area (Å²) in [5.74, 6) is 0.927. The van der Waals surface area contributed by atoms with Crippen molar-refractivity contribution in [1.82, 2.24) is 5.32 Å². The lowest BCUT2D eigenvalue weighted by Gasteiger charge is -2.30. The van der Waals surface area contributed by atoms with Crippen LogP contribution in [0.3, 0.4) is 0 Å². The Morgan fingerprint density at radius 2 is 1.82 bits per heavy atom. The Labute approximate surface area is 109 Å². The third kappa shape index (κ3) is 5.42. The summed E-state index contributed by atoms with van der Waals surface area (Å²) in [7, 11) is 0. The number of hydrogen-bond acceptors (Lipinski definition) is 1. The maximum atomic E-state index is 3.83. The van der Waals surface area contributed by atoms with Gasteiger partial charge >= 0.3 is 0 Å². The fourth-order valence-electron chi connectivity index (χ4n) is 3.25. The molecule has 102 valence electrons. The summed E-state index contributed by atoms with van der Waals surface area (Å²) in [6.07, 6.45) is 9.66. The van der Waals surface area contributed by atoms with Gasteiger partial charge in [0.05, 0.1) is 0 Å². The first kappa shape index (κ1) is 15.0. The second kappa shape index (κ2) is 6.78. The van der Waals surface area contributed by atoms with Crippen molar-refractivity contribution in [3.8, 4) is 0 Å². The van der Waals surface area contributed by atoms with E-state index in [9.17, 15) is 0 Å². The van der Waals surface area contributed by atoms with Crippen LogP contribution in [0.2, 0.25) is 0 Å². The molecule has 0 aromatic carbocycles. The monoisotopic (exact) mass is 239 g/mol. The normalized spacial score (nSPS) is 28.8. The van der Waals surface area contributed by atoms with Crippen LogP contribution in [0.4, 0.5) is 0 Å². The molecule has 0 saturated heterocycles. The molecule has 1 heteroatoms. The van der Waals surface area contributed by atoms with Crippen molar-refractivity contribution in [3.63, 3.8) is 0 Å². The van der Waals surface area contributed by atoms with Crippen LogP contribution in [-0.2, 0) is 0 Å². The van der Waals surface area contributed by atoms with Crippen molar-refractivity contribution in [2.75, 3.05) is 0 Å². The van der Waals surface area contributed by atoms with Gasteiger partial charge in [-0.1, -0.05) is 40.5 Å². The lowest BCUT2D eigenvalue weighted by atomic mass is 9.76. The van der Waals surface area contributed by atoms with Crippen LogP contribution >= 0.6 is 0 Å². The van der Waals surface area contributed by atoms with Crippen molar-refractivity contribution in [2.24, 2.45) is 11.3 Å². The predicted octanol–water partition coefficient (Wildman–Crippen LogP) is 4.76. The van der Waals surface area contributed by atoms with E-state index in [1.54, 1.807) is 0 Å². The molecule has 0 amide bonds. The zero-order chi connectivity index (χ0) is 12.9. The lowest BCUT2D eigenvalue weighted by Crippen LogP contribution is -2.36. The lowest BCUT2D eigenvalue weighted by molar-refractivity contribution is 0.213. The minimum Gasteiger partial charge on any atom is -0.312 e. The largest absolute Gasteiger partial charge is 0.312 e. The highest BCUT2D eigenvalue weighted by Gasteiger charge is 2.27. The van der Waals surface area contributed by atoms with Crippen LogP contribution in [0.5, 0.6) is 0 Å². The van der Waals surface area contributed by atoms with Gasteiger partial charge in [0.2, 0.25) is 0 Å². The van der Waals surface area contributed by atoms with E-state index < -0.39 is 0 Å². The zero-order valence-corrected chi connectivity index (χ0v) is 12.7. The summed E-state index contributed by atoms with van der Waals surface area (Å²) >= 11 is 0. The van der Waals surface area contributed by atoms with Crippen molar-refractivity contribution < 1.29 is 0 Å². The van der Waals surface area contributed by atoms with E-state index >= 15 is 0 Å². The Balaban J connectivity index is 2.37. The van der Waals surface area contributed by atoms with Gasteiger partial charge in [-0.15, -0.1) is 0 Å². The van der Waals surface area contributed by atoms with E-state index in [4.69, 9.17) is 0 Å². The van der Waals surface area contributed by atoms with Gasteiger partial charge in [0.25, 0.3) is 0 Å². The molecule has 0 aromatic rings. The minimum absolute atomic E-state index is 0.504. The van der Waals surface area contributed by atoms with Crippen molar-refractivity contribution in [3.05, 3.63) is 0 Å². The second-order valence-electron chi connectivity index (χ2n) is 7.12. The average Bonchev–Trinajstić information content (AvgIpc) is 2.42. The molecular weight excluding hydrogens is 206 g/mol. The predicted molar refractivity (Wildman–Crippen MR) is 77.3 cm³/mol. The van der Waals surface area contributed by atoms with Gasteiger partial charge in [-0.05, 0) is 50.4 Å². The molecular formula is C16H33N. The molecule has 0 aromatic heterocycles. The van der Waals surface area contributed by atoms with E-state index in [1.807, 2.05) is 0 Å². The summed E-state index contributed by atoms with van der Waals surface area (Å²) in [4.78, 5) is 0. The summed E-state index contributed by atoms with van der Waals surface area (Å²) in [6, 6.07) is 1.49. The maximum Gasteiger partial charge on any atom is 0.00696 e. The first-order valence-electron chi connectivity index (χ1n) is 7.69. The summed E-state index contributed by atoms with van der Waals surface area (Å²) < 4.78 is 0. The molecule has 1 aliphatic rings. The first-order chi connectivity index (χ1) is 7.93. The Kier molecular flexibility index (Phi) is 5.99. The third-order valence-electron chi connectivity index (χ3n) is 4.44. The van der Waals surface area contributed by atoms with E-state index in [0.29, 0.717) is 11.5 Å². The highest BCUT2D eigenvalue weighted by molar-refractivity contribution is 4.82. The molecule has 0 aliphatic heterocycles. The molecule has 1 rings (SSSR count). The van der Waals surface area contributed by atoms with Gasteiger partial charge < -0.3 is 5.32 Å². The highest BCUT2D eigenvalue weighted by Crippen LogP contribution is 2.36. The molecule has 1 nitrogen and oxygen atoms in total. The van der Waals surface area contributed by atoms with Crippen molar-refractivity contribution in [1.29, 1.82) is 0 Å². The highest BCUT2D eigenvalue weighted by atomic mass is 14.9. The Bertz CT molecular complexity index is 204.